The lowest BCUT2D eigenvalue weighted by molar-refractivity contribution is 0.206. The van der Waals surface area contributed by atoms with Crippen molar-refractivity contribution in [2.75, 3.05) is 11.9 Å². The first-order chi connectivity index (χ1) is 13.4. The number of aliphatic hydroxyl groups is 1. The number of anilines is 2. The second-order valence-electron chi connectivity index (χ2n) is 7.54. The van der Waals surface area contributed by atoms with Crippen molar-refractivity contribution in [3.63, 3.8) is 0 Å². The highest BCUT2D eigenvalue weighted by Gasteiger charge is 2.35. The van der Waals surface area contributed by atoms with Crippen molar-refractivity contribution in [1.29, 1.82) is 5.26 Å². The molecule has 0 aliphatic heterocycles. The molecule has 0 amide bonds. The highest BCUT2D eigenvalue weighted by atomic mass is 16.3. The van der Waals surface area contributed by atoms with Gasteiger partial charge in [-0.2, -0.15) is 10.4 Å². The summed E-state index contributed by atoms with van der Waals surface area (Å²) in [5.41, 5.74) is 5.83. The highest BCUT2D eigenvalue weighted by molar-refractivity contribution is 5.68. The summed E-state index contributed by atoms with van der Waals surface area (Å²) >= 11 is 0. The first-order valence-electron chi connectivity index (χ1n) is 9.22. The van der Waals surface area contributed by atoms with Gasteiger partial charge in [-0.05, 0) is 49.1 Å². The number of nitrogens with zero attached hydrogens (tertiary/aromatic N) is 5. The molecule has 0 radical (unpaired) electrons. The molecule has 1 aromatic carbocycles. The summed E-state index contributed by atoms with van der Waals surface area (Å²) in [5.74, 6) is 0.470. The zero-order valence-corrected chi connectivity index (χ0v) is 16.2. The van der Waals surface area contributed by atoms with Gasteiger partial charge in [0, 0.05) is 24.2 Å². The standard InChI is InChI=1S/C21H22N6O/c1-13-19(11-24-27(13)3)26-20-23-7-5-18(25-20)14-8-15(10-22)16-4-6-21(2,12-28)17(16)9-14/h5,7-9,11,28H,4,6,12H2,1-3H3,(H,23,25,26). The topological polar surface area (TPSA) is 99.7 Å². The first kappa shape index (κ1) is 18.1. The molecule has 0 fully saturated rings. The van der Waals surface area contributed by atoms with E-state index in [1.807, 2.05) is 33.0 Å². The maximum atomic E-state index is 9.91. The monoisotopic (exact) mass is 374 g/mol. The molecule has 1 unspecified atom stereocenters. The summed E-state index contributed by atoms with van der Waals surface area (Å²) in [7, 11) is 1.88. The van der Waals surface area contributed by atoms with Gasteiger partial charge in [-0.25, -0.2) is 9.97 Å². The van der Waals surface area contributed by atoms with Gasteiger partial charge in [0.25, 0.3) is 0 Å². The molecule has 1 aliphatic rings. The van der Waals surface area contributed by atoms with Crippen LogP contribution in [0.1, 0.15) is 35.7 Å². The van der Waals surface area contributed by atoms with Crippen molar-refractivity contribution in [2.45, 2.75) is 32.1 Å². The Labute approximate surface area is 163 Å². The summed E-state index contributed by atoms with van der Waals surface area (Å²) in [5, 5.41) is 27.0. The molecule has 142 valence electrons. The van der Waals surface area contributed by atoms with Gasteiger partial charge in [0.2, 0.25) is 5.95 Å². The van der Waals surface area contributed by atoms with Crippen LogP contribution in [-0.4, -0.2) is 31.5 Å². The molecular formula is C21H22N6O. The third kappa shape index (κ3) is 2.92. The molecule has 0 saturated heterocycles. The Morgan fingerprint density at radius 1 is 1.39 bits per heavy atom. The molecule has 1 atom stereocenters. The Bertz CT molecular complexity index is 1100. The number of aryl methyl sites for hydroxylation is 1. The average molecular weight is 374 g/mol. The molecule has 2 N–H and O–H groups in total. The number of rotatable bonds is 4. The maximum absolute atomic E-state index is 9.91. The van der Waals surface area contributed by atoms with Crippen LogP contribution in [0.5, 0.6) is 0 Å². The Morgan fingerprint density at radius 2 is 2.21 bits per heavy atom. The fourth-order valence-corrected chi connectivity index (χ4v) is 3.75. The van der Waals surface area contributed by atoms with Crippen LogP contribution in [0.25, 0.3) is 11.3 Å². The molecule has 0 bridgehead atoms. The average Bonchev–Trinajstić information content (AvgIpc) is 3.22. The van der Waals surface area contributed by atoms with Crippen LogP contribution in [-0.2, 0) is 18.9 Å². The maximum Gasteiger partial charge on any atom is 0.227 e. The van der Waals surface area contributed by atoms with Gasteiger partial charge in [-0.1, -0.05) is 6.92 Å². The molecule has 2 heterocycles. The van der Waals surface area contributed by atoms with Crippen molar-refractivity contribution in [2.24, 2.45) is 7.05 Å². The van der Waals surface area contributed by atoms with E-state index >= 15 is 0 Å². The largest absolute Gasteiger partial charge is 0.395 e. The Hall–Kier alpha value is -3.24. The van der Waals surface area contributed by atoms with Crippen LogP contribution >= 0.6 is 0 Å². The van der Waals surface area contributed by atoms with Gasteiger partial charge in [0.15, 0.2) is 0 Å². The van der Waals surface area contributed by atoms with E-state index in [-0.39, 0.29) is 12.0 Å². The lowest BCUT2D eigenvalue weighted by Crippen LogP contribution is -2.23. The normalized spacial score (nSPS) is 18.0. The molecule has 2 aromatic heterocycles. The first-order valence-corrected chi connectivity index (χ1v) is 9.22. The van der Waals surface area contributed by atoms with Crippen LogP contribution in [0.2, 0.25) is 0 Å². The fraction of sp³-hybridized carbons (Fsp3) is 0.333. The van der Waals surface area contributed by atoms with Crippen molar-refractivity contribution in [3.8, 4) is 17.3 Å². The van der Waals surface area contributed by atoms with Crippen molar-refractivity contribution in [1.82, 2.24) is 19.7 Å². The van der Waals surface area contributed by atoms with E-state index in [4.69, 9.17) is 0 Å². The Kier molecular flexibility index (Phi) is 4.36. The third-order valence-corrected chi connectivity index (χ3v) is 5.73. The number of nitrogens with one attached hydrogen (secondary N) is 1. The lowest BCUT2D eigenvalue weighted by atomic mass is 9.83. The Balaban J connectivity index is 1.75. The molecule has 1 aliphatic carbocycles. The van der Waals surface area contributed by atoms with Crippen LogP contribution in [0, 0.1) is 18.3 Å². The number of nitriles is 1. The number of hydrogen-bond acceptors (Lipinski definition) is 6. The van der Waals surface area contributed by atoms with E-state index in [0.29, 0.717) is 11.5 Å². The molecule has 0 saturated carbocycles. The summed E-state index contributed by atoms with van der Waals surface area (Å²) in [4.78, 5) is 8.94. The number of hydrogen-bond donors (Lipinski definition) is 2. The molecule has 7 nitrogen and oxygen atoms in total. The third-order valence-electron chi connectivity index (χ3n) is 5.73. The predicted octanol–water partition coefficient (Wildman–Crippen LogP) is 3.00. The second kappa shape index (κ2) is 6.73. The molecule has 7 heteroatoms. The fourth-order valence-electron chi connectivity index (χ4n) is 3.75. The molecular weight excluding hydrogens is 352 g/mol. The molecule has 0 spiro atoms. The van der Waals surface area contributed by atoms with Gasteiger partial charge in [-0.15, -0.1) is 0 Å². The van der Waals surface area contributed by atoms with E-state index in [1.54, 1.807) is 17.1 Å². The van der Waals surface area contributed by atoms with E-state index in [0.717, 1.165) is 46.6 Å². The predicted molar refractivity (Wildman–Crippen MR) is 106 cm³/mol. The molecule has 4 rings (SSSR count). The second-order valence-corrected chi connectivity index (χ2v) is 7.54. The summed E-state index contributed by atoms with van der Waals surface area (Å²) in [6.45, 7) is 4.07. The van der Waals surface area contributed by atoms with Gasteiger partial charge in [0.05, 0.1) is 41.5 Å². The van der Waals surface area contributed by atoms with Gasteiger partial charge >= 0.3 is 0 Å². The number of aliphatic hydroxyl groups excluding tert-OH is 1. The summed E-state index contributed by atoms with van der Waals surface area (Å²) < 4.78 is 1.78. The molecule has 3 aromatic rings. The van der Waals surface area contributed by atoms with E-state index in [9.17, 15) is 10.4 Å². The van der Waals surface area contributed by atoms with Gasteiger partial charge in [-0.3, -0.25) is 4.68 Å². The van der Waals surface area contributed by atoms with Crippen molar-refractivity contribution in [3.05, 3.63) is 53.0 Å². The van der Waals surface area contributed by atoms with Crippen LogP contribution in [0.15, 0.2) is 30.6 Å². The van der Waals surface area contributed by atoms with Gasteiger partial charge < -0.3 is 10.4 Å². The minimum absolute atomic E-state index is 0.0607. The number of benzene rings is 1. The molecule has 28 heavy (non-hydrogen) atoms. The van der Waals surface area contributed by atoms with E-state index < -0.39 is 0 Å². The van der Waals surface area contributed by atoms with Gasteiger partial charge in [0.1, 0.15) is 0 Å². The lowest BCUT2D eigenvalue weighted by Gasteiger charge is -2.23. The van der Waals surface area contributed by atoms with Crippen LogP contribution in [0.3, 0.4) is 0 Å². The number of fused-ring (bicyclic) bond motifs is 1. The highest BCUT2D eigenvalue weighted by Crippen LogP contribution is 2.42. The SMILES string of the molecule is Cc1c(Nc2nccc(-c3cc(C#N)c4c(c3)C(C)(CO)CC4)n2)cnn1C. The minimum atomic E-state index is -0.322. The quantitative estimate of drug-likeness (QED) is 0.728. The zero-order valence-electron chi connectivity index (χ0n) is 16.2. The van der Waals surface area contributed by atoms with Crippen LogP contribution < -0.4 is 5.32 Å². The van der Waals surface area contributed by atoms with Crippen molar-refractivity contribution >= 4 is 11.6 Å². The number of aromatic nitrogens is 4. The van der Waals surface area contributed by atoms with Crippen LogP contribution in [0.4, 0.5) is 11.6 Å². The summed E-state index contributed by atoms with van der Waals surface area (Å²) in [6, 6.07) is 8.08. The zero-order chi connectivity index (χ0) is 19.9. The minimum Gasteiger partial charge on any atom is -0.395 e. The van der Waals surface area contributed by atoms with E-state index in [2.05, 4.69) is 32.5 Å². The van der Waals surface area contributed by atoms with E-state index in [1.165, 1.54) is 0 Å². The van der Waals surface area contributed by atoms with Crippen molar-refractivity contribution < 1.29 is 5.11 Å². The summed E-state index contributed by atoms with van der Waals surface area (Å²) in [6.07, 6.45) is 5.09. The Morgan fingerprint density at radius 3 is 2.89 bits per heavy atom. The smallest absolute Gasteiger partial charge is 0.227 e.